The Morgan fingerprint density at radius 3 is 2.58 bits per heavy atom. The van der Waals surface area contributed by atoms with Crippen LogP contribution in [0.5, 0.6) is 0 Å². The Balaban J connectivity index is 1.90. The number of hydrogen-bond acceptors (Lipinski definition) is 1. The summed E-state index contributed by atoms with van der Waals surface area (Å²) in [5, 5.41) is 3.49. The first-order valence-corrected chi connectivity index (χ1v) is 6.75. The summed E-state index contributed by atoms with van der Waals surface area (Å²) in [5.74, 6) is -0.330. The van der Waals surface area contributed by atoms with Gasteiger partial charge in [-0.15, -0.1) is 0 Å². The highest BCUT2D eigenvalue weighted by molar-refractivity contribution is 6.30. The van der Waals surface area contributed by atoms with Gasteiger partial charge in [0.25, 0.3) is 0 Å². The first-order valence-electron chi connectivity index (χ1n) is 6.37. The Morgan fingerprint density at radius 2 is 1.84 bits per heavy atom. The van der Waals surface area contributed by atoms with Gasteiger partial charge in [-0.25, -0.2) is 4.39 Å². The van der Waals surface area contributed by atoms with Crippen LogP contribution in [0.1, 0.15) is 18.1 Å². The van der Waals surface area contributed by atoms with Crippen molar-refractivity contribution in [2.24, 2.45) is 0 Å². The first kappa shape index (κ1) is 14.0. The first-order chi connectivity index (χ1) is 9.16. The second-order valence-corrected chi connectivity index (χ2v) is 5.09. The predicted octanol–water partition coefficient (Wildman–Crippen LogP) is 4.20. The molecule has 0 aliphatic carbocycles. The lowest BCUT2D eigenvalue weighted by Crippen LogP contribution is -2.27. The summed E-state index contributed by atoms with van der Waals surface area (Å²) >= 11 is 5.76. The normalized spacial score (nSPS) is 12.4. The molecular formula is C16H17ClFN. The zero-order valence-electron chi connectivity index (χ0n) is 10.9. The highest BCUT2D eigenvalue weighted by atomic mass is 35.5. The summed E-state index contributed by atoms with van der Waals surface area (Å²) in [7, 11) is 0. The van der Waals surface area contributed by atoms with Crippen LogP contribution in [0.15, 0.2) is 48.5 Å². The van der Waals surface area contributed by atoms with Gasteiger partial charge in [-0.05, 0) is 25.0 Å². The molecule has 0 saturated heterocycles. The third kappa shape index (κ3) is 4.05. The van der Waals surface area contributed by atoms with E-state index in [-0.39, 0.29) is 16.9 Å². The maximum absolute atomic E-state index is 13.7. The maximum Gasteiger partial charge on any atom is 0.146 e. The highest BCUT2D eigenvalue weighted by Gasteiger charge is 2.08. The molecule has 0 spiro atoms. The number of halogens is 2. The van der Waals surface area contributed by atoms with Crippen LogP contribution in [0.3, 0.4) is 0 Å². The third-order valence-corrected chi connectivity index (χ3v) is 3.35. The Hall–Kier alpha value is -1.38. The summed E-state index contributed by atoms with van der Waals surface area (Å²) in [6.07, 6.45) is 0.920. The molecule has 19 heavy (non-hydrogen) atoms. The third-order valence-electron chi connectivity index (χ3n) is 3.06. The molecule has 0 amide bonds. The molecule has 1 unspecified atom stereocenters. The van der Waals surface area contributed by atoms with E-state index in [0.29, 0.717) is 12.1 Å². The van der Waals surface area contributed by atoms with Crippen LogP contribution < -0.4 is 5.32 Å². The van der Waals surface area contributed by atoms with E-state index in [1.807, 2.05) is 18.2 Å². The van der Waals surface area contributed by atoms with Gasteiger partial charge in [0.1, 0.15) is 5.82 Å². The lowest BCUT2D eigenvalue weighted by atomic mass is 10.1. The standard InChI is InChI=1S/C16H17ClFN/c1-12(10-13-6-3-2-4-7-13)19-11-14-8-5-9-15(17)16(14)18/h2-9,12,19H,10-11H2,1H3. The van der Waals surface area contributed by atoms with Crippen molar-refractivity contribution < 1.29 is 4.39 Å². The Kier molecular flexibility index (Phi) is 4.94. The van der Waals surface area contributed by atoms with Crippen LogP contribution in [0.2, 0.25) is 5.02 Å². The maximum atomic E-state index is 13.7. The van der Waals surface area contributed by atoms with Crippen molar-refractivity contribution in [2.45, 2.75) is 25.9 Å². The van der Waals surface area contributed by atoms with Gasteiger partial charge in [-0.2, -0.15) is 0 Å². The smallest absolute Gasteiger partial charge is 0.146 e. The molecule has 0 radical (unpaired) electrons. The van der Waals surface area contributed by atoms with E-state index in [4.69, 9.17) is 11.6 Å². The topological polar surface area (TPSA) is 12.0 Å². The predicted molar refractivity (Wildman–Crippen MR) is 77.9 cm³/mol. The van der Waals surface area contributed by atoms with Crippen LogP contribution in [-0.2, 0) is 13.0 Å². The van der Waals surface area contributed by atoms with Crippen LogP contribution in [0.4, 0.5) is 4.39 Å². The molecule has 0 heterocycles. The van der Waals surface area contributed by atoms with Crippen molar-refractivity contribution in [3.8, 4) is 0 Å². The van der Waals surface area contributed by atoms with Gasteiger partial charge in [-0.3, -0.25) is 0 Å². The van der Waals surface area contributed by atoms with Gasteiger partial charge in [0.2, 0.25) is 0 Å². The van der Waals surface area contributed by atoms with Crippen molar-refractivity contribution in [1.29, 1.82) is 0 Å². The molecular weight excluding hydrogens is 261 g/mol. The summed E-state index contributed by atoms with van der Waals surface area (Å²) in [4.78, 5) is 0. The lowest BCUT2D eigenvalue weighted by Gasteiger charge is -2.14. The highest BCUT2D eigenvalue weighted by Crippen LogP contribution is 2.17. The van der Waals surface area contributed by atoms with Crippen molar-refractivity contribution in [2.75, 3.05) is 0 Å². The minimum atomic E-state index is -0.330. The summed E-state index contributed by atoms with van der Waals surface area (Å²) in [5.41, 5.74) is 1.88. The van der Waals surface area contributed by atoms with Crippen molar-refractivity contribution >= 4 is 11.6 Å². The van der Waals surface area contributed by atoms with Gasteiger partial charge in [0, 0.05) is 18.2 Å². The molecule has 3 heteroatoms. The van der Waals surface area contributed by atoms with Crippen LogP contribution >= 0.6 is 11.6 Å². The molecule has 0 saturated carbocycles. The number of rotatable bonds is 5. The molecule has 2 aromatic rings. The van der Waals surface area contributed by atoms with E-state index >= 15 is 0 Å². The second-order valence-electron chi connectivity index (χ2n) is 4.68. The monoisotopic (exact) mass is 277 g/mol. The molecule has 1 N–H and O–H groups in total. The van der Waals surface area contributed by atoms with Crippen molar-refractivity contribution in [1.82, 2.24) is 5.32 Å². The van der Waals surface area contributed by atoms with Crippen LogP contribution in [-0.4, -0.2) is 6.04 Å². The van der Waals surface area contributed by atoms with E-state index in [9.17, 15) is 4.39 Å². The minimum Gasteiger partial charge on any atom is -0.310 e. The average Bonchev–Trinajstić information content (AvgIpc) is 2.42. The molecule has 0 fully saturated rings. The fourth-order valence-corrected chi connectivity index (χ4v) is 2.20. The number of hydrogen-bond donors (Lipinski definition) is 1. The molecule has 0 aliphatic rings. The van der Waals surface area contributed by atoms with E-state index < -0.39 is 0 Å². The quantitative estimate of drug-likeness (QED) is 0.864. The summed E-state index contributed by atoms with van der Waals surface area (Å²) < 4.78 is 13.7. The van der Waals surface area contributed by atoms with E-state index in [2.05, 4.69) is 24.4 Å². The molecule has 0 aliphatic heterocycles. The molecule has 2 aromatic carbocycles. The Labute approximate surface area is 118 Å². The molecule has 0 aromatic heterocycles. The Bertz CT molecular complexity index is 528. The molecule has 1 atom stereocenters. The van der Waals surface area contributed by atoms with Gasteiger partial charge in [-0.1, -0.05) is 54.1 Å². The lowest BCUT2D eigenvalue weighted by molar-refractivity contribution is 0.525. The zero-order valence-corrected chi connectivity index (χ0v) is 11.6. The minimum absolute atomic E-state index is 0.176. The SMILES string of the molecule is CC(Cc1ccccc1)NCc1cccc(Cl)c1F. The molecule has 100 valence electrons. The zero-order chi connectivity index (χ0) is 13.7. The van der Waals surface area contributed by atoms with E-state index in [1.54, 1.807) is 18.2 Å². The average molecular weight is 278 g/mol. The Morgan fingerprint density at radius 1 is 1.11 bits per heavy atom. The number of benzene rings is 2. The number of nitrogens with one attached hydrogen (secondary N) is 1. The second kappa shape index (κ2) is 6.69. The van der Waals surface area contributed by atoms with Crippen molar-refractivity contribution in [3.05, 3.63) is 70.5 Å². The van der Waals surface area contributed by atoms with Crippen molar-refractivity contribution in [3.63, 3.8) is 0 Å². The summed E-state index contributed by atoms with van der Waals surface area (Å²) in [6.45, 7) is 2.58. The van der Waals surface area contributed by atoms with Gasteiger partial charge >= 0.3 is 0 Å². The summed E-state index contributed by atoms with van der Waals surface area (Å²) in [6, 6.07) is 15.6. The molecule has 2 rings (SSSR count). The molecule has 1 nitrogen and oxygen atoms in total. The van der Waals surface area contributed by atoms with Crippen LogP contribution in [0.25, 0.3) is 0 Å². The largest absolute Gasteiger partial charge is 0.310 e. The van der Waals surface area contributed by atoms with E-state index in [1.165, 1.54) is 5.56 Å². The fourth-order valence-electron chi connectivity index (χ4n) is 2.01. The van der Waals surface area contributed by atoms with E-state index in [0.717, 1.165) is 6.42 Å². The van der Waals surface area contributed by atoms with Gasteiger partial charge < -0.3 is 5.32 Å². The molecule has 0 bridgehead atoms. The van der Waals surface area contributed by atoms with Crippen LogP contribution in [0, 0.1) is 5.82 Å². The van der Waals surface area contributed by atoms with Gasteiger partial charge in [0.15, 0.2) is 0 Å². The fraction of sp³-hybridized carbons (Fsp3) is 0.250. The van der Waals surface area contributed by atoms with Gasteiger partial charge in [0.05, 0.1) is 5.02 Å².